The van der Waals surface area contributed by atoms with E-state index in [0.717, 1.165) is 13.4 Å². The Balaban J connectivity index is 1.98. The van der Waals surface area contributed by atoms with Crippen molar-refractivity contribution in [2.24, 2.45) is 11.8 Å². The van der Waals surface area contributed by atoms with Gasteiger partial charge in [-0.2, -0.15) is 0 Å². The van der Waals surface area contributed by atoms with E-state index in [0.29, 0.717) is 0 Å². The first kappa shape index (κ1) is 17.5. The van der Waals surface area contributed by atoms with Gasteiger partial charge in [-0.1, -0.05) is 0 Å². The van der Waals surface area contributed by atoms with Crippen molar-refractivity contribution in [2.45, 2.75) is 31.0 Å². The minimum atomic E-state index is -1.86. The maximum atomic E-state index is 12.2. The summed E-state index contributed by atoms with van der Waals surface area (Å²) < 4.78 is 15.0. The van der Waals surface area contributed by atoms with Crippen LogP contribution >= 0.6 is 0 Å². The van der Waals surface area contributed by atoms with Gasteiger partial charge in [0, 0.05) is 12.1 Å². The van der Waals surface area contributed by atoms with Gasteiger partial charge >= 0.3 is 11.9 Å². The van der Waals surface area contributed by atoms with Crippen LogP contribution in [0, 0.1) is 11.8 Å². The number of aromatic nitrogens is 1. The van der Waals surface area contributed by atoms with Gasteiger partial charge in [-0.3, -0.25) is 0 Å². The summed E-state index contributed by atoms with van der Waals surface area (Å²) in [6.07, 6.45) is -1.79. The number of aliphatic hydroxyl groups is 3. The molecule has 0 amide bonds. The number of rotatable bonds is 3. The zero-order valence-corrected chi connectivity index (χ0v) is 13.6. The van der Waals surface area contributed by atoms with Crippen LogP contribution in [0.4, 0.5) is 0 Å². The number of hydrogen-bond donors (Lipinski definition) is 4. The lowest BCUT2D eigenvalue weighted by atomic mass is 9.81. The number of hydrogen-bond acceptors (Lipinski definition) is 8. The van der Waals surface area contributed by atoms with E-state index in [4.69, 9.17) is 9.47 Å². The summed E-state index contributed by atoms with van der Waals surface area (Å²) in [4.78, 5) is 27.0. The molecule has 25 heavy (non-hydrogen) atoms. The summed E-state index contributed by atoms with van der Waals surface area (Å²) in [7, 11) is 1.16. The quantitative estimate of drug-likeness (QED) is 0.524. The zero-order chi connectivity index (χ0) is 18.4. The second-order valence-electron chi connectivity index (χ2n) is 6.27. The van der Waals surface area contributed by atoms with E-state index in [-0.39, 0.29) is 11.3 Å². The van der Waals surface area contributed by atoms with Gasteiger partial charge < -0.3 is 34.5 Å². The molecule has 1 aromatic heterocycles. The second-order valence-corrected chi connectivity index (χ2v) is 6.27. The number of carbonyl (C=O) groups excluding carboxylic acids is 2. The number of ether oxygens (including phenoxy) is 3. The van der Waals surface area contributed by atoms with Crippen molar-refractivity contribution in [3.8, 4) is 0 Å². The lowest BCUT2D eigenvalue weighted by Crippen LogP contribution is -2.48. The molecule has 1 fully saturated rings. The number of carbonyl (C=O) groups is 2. The number of H-pyrrole nitrogens is 1. The molecule has 0 spiro atoms. The van der Waals surface area contributed by atoms with Crippen LogP contribution < -0.4 is 0 Å². The molecule has 0 aromatic carbocycles. The number of nitrogens with one attached hydrogen (secondary N) is 1. The van der Waals surface area contributed by atoms with Gasteiger partial charge in [0.15, 0.2) is 0 Å². The molecule has 1 aromatic rings. The van der Waals surface area contributed by atoms with E-state index in [2.05, 4.69) is 9.72 Å². The predicted molar refractivity (Wildman–Crippen MR) is 80.8 cm³/mol. The minimum absolute atomic E-state index is 0.0427. The SMILES string of the molecule is COC(=O)C1=COC(O)[C@H]2[C@@H]1[C@H](OC(=O)c1ccc[nH]1)[C@H](O)[C@]2(C)O. The molecule has 0 bridgehead atoms. The molecule has 1 aliphatic carbocycles. The maximum Gasteiger partial charge on any atom is 0.355 e. The van der Waals surface area contributed by atoms with Crippen molar-refractivity contribution >= 4 is 11.9 Å². The Bertz CT molecular complexity index is 695. The van der Waals surface area contributed by atoms with Gasteiger partial charge in [0.2, 0.25) is 6.29 Å². The van der Waals surface area contributed by atoms with Crippen molar-refractivity contribution in [1.82, 2.24) is 4.98 Å². The van der Waals surface area contributed by atoms with Gasteiger partial charge in [0.25, 0.3) is 0 Å². The largest absolute Gasteiger partial charge is 0.472 e. The summed E-state index contributed by atoms with van der Waals surface area (Å²) in [5.41, 5.74) is -1.76. The van der Waals surface area contributed by atoms with Crippen LogP contribution in [-0.4, -0.2) is 63.5 Å². The third-order valence-electron chi connectivity index (χ3n) is 4.81. The number of aliphatic hydroxyl groups excluding tert-OH is 2. The summed E-state index contributed by atoms with van der Waals surface area (Å²) in [5.74, 6) is -3.63. The number of aromatic amines is 1. The molecule has 9 heteroatoms. The number of esters is 2. The highest BCUT2D eigenvalue weighted by atomic mass is 16.6. The molecular weight excluding hydrogens is 334 g/mol. The predicted octanol–water partition coefficient (Wildman–Crippen LogP) is -0.697. The van der Waals surface area contributed by atoms with E-state index in [9.17, 15) is 24.9 Å². The van der Waals surface area contributed by atoms with E-state index in [1.54, 1.807) is 6.07 Å². The fourth-order valence-corrected chi connectivity index (χ4v) is 3.52. The van der Waals surface area contributed by atoms with Gasteiger partial charge in [-0.15, -0.1) is 0 Å². The van der Waals surface area contributed by atoms with Crippen LogP contribution in [0.1, 0.15) is 17.4 Å². The summed E-state index contributed by atoms with van der Waals surface area (Å²) in [6, 6.07) is 3.08. The molecule has 1 unspecified atom stereocenters. The van der Waals surface area contributed by atoms with Crippen molar-refractivity contribution in [3.63, 3.8) is 0 Å². The molecule has 9 nitrogen and oxygen atoms in total. The van der Waals surface area contributed by atoms with Gasteiger partial charge in [-0.25, -0.2) is 9.59 Å². The monoisotopic (exact) mass is 353 g/mol. The van der Waals surface area contributed by atoms with Crippen molar-refractivity contribution < 1.29 is 39.1 Å². The van der Waals surface area contributed by atoms with Gasteiger partial charge in [-0.05, 0) is 19.1 Å². The average molecular weight is 353 g/mol. The molecule has 1 aliphatic heterocycles. The number of methoxy groups -OCH3 is 1. The second kappa shape index (κ2) is 6.17. The zero-order valence-electron chi connectivity index (χ0n) is 13.6. The van der Waals surface area contributed by atoms with Gasteiger partial charge in [0.1, 0.15) is 23.5 Å². The Kier molecular flexibility index (Phi) is 4.31. The molecule has 2 heterocycles. The Morgan fingerprint density at radius 1 is 1.32 bits per heavy atom. The maximum absolute atomic E-state index is 12.2. The van der Waals surface area contributed by atoms with Gasteiger partial charge in [0.05, 0.1) is 24.9 Å². The first-order chi connectivity index (χ1) is 11.8. The van der Waals surface area contributed by atoms with Crippen LogP contribution in [0.2, 0.25) is 0 Å². The summed E-state index contributed by atoms with van der Waals surface area (Å²) in [5, 5.41) is 31.3. The summed E-state index contributed by atoms with van der Waals surface area (Å²) >= 11 is 0. The van der Waals surface area contributed by atoms with E-state index in [1.807, 2.05) is 0 Å². The molecule has 0 saturated heterocycles. The fourth-order valence-electron chi connectivity index (χ4n) is 3.52. The molecule has 6 atom stereocenters. The third-order valence-corrected chi connectivity index (χ3v) is 4.81. The Morgan fingerprint density at radius 3 is 2.64 bits per heavy atom. The molecule has 3 rings (SSSR count). The number of fused-ring (bicyclic) bond motifs is 1. The van der Waals surface area contributed by atoms with Crippen molar-refractivity contribution in [1.29, 1.82) is 0 Å². The van der Waals surface area contributed by atoms with Crippen LogP contribution in [0.15, 0.2) is 30.2 Å². The highest BCUT2D eigenvalue weighted by Gasteiger charge is 2.64. The van der Waals surface area contributed by atoms with Crippen molar-refractivity contribution in [3.05, 3.63) is 35.9 Å². The normalized spacial score (nSPS) is 36.8. The molecule has 4 N–H and O–H groups in total. The van der Waals surface area contributed by atoms with Crippen LogP contribution in [0.5, 0.6) is 0 Å². The first-order valence-electron chi connectivity index (χ1n) is 7.65. The van der Waals surface area contributed by atoms with Crippen LogP contribution in [0.3, 0.4) is 0 Å². The molecule has 136 valence electrons. The van der Waals surface area contributed by atoms with Crippen LogP contribution in [-0.2, 0) is 19.0 Å². The smallest absolute Gasteiger partial charge is 0.355 e. The molecular formula is C16H19NO8. The summed E-state index contributed by atoms with van der Waals surface area (Å²) in [6.45, 7) is 1.28. The topological polar surface area (TPSA) is 138 Å². The third kappa shape index (κ3) is 2.70. The minimum Gasteiger partial charge on any atom is -0.472 e. The van der Waals surface area contributed by atoms with E-state index in [1.165, 1.54) is 19.2 Å². The first-order valence-corrected chi connectivity index (χ1v) is 7.65. The Morgan fingerprint density at radius 2 is 2.04 bits per heavy atom. The fraction of sp³-hybridized carbons (Fsp3) is 0.500. The standard InChI is InChI=1S/C16H19NO8/c1-16(22)10-9(7(13(19)23-2)6-24-15(10)21)11(12(16)18)25-14(20)8-4-3-5-17-8/h3-6,9-12,15,17-18,21-22H,1-2H3/t9-,10-,11+,12+,15?,16-/m1/s1. The van der Waals surface area contributed by atoms with Crippen molar-refractivity contribution in [2.75, 3.05) is 7.11 Å². The highest BCUT2D eigenvalue weighted by molar-refractivity contribution is 5.90. The van der Waals surface area contributed by atoms with Crippen LogP contribution in [0.25, 0.3) is 0 Å². The molecule has 0 radical (unpaired) electrons. The Labute approximate surface area is 142 Å². The average Bonchev–Trinajstić information content (AvgIpc) is 3.17. The Hall–Kier alpha value is -2.36. The lowest BCUT2D eigenvalue weighted by Gasteiger charge is -2.36. The van der Waals surface area contributed by atoms with E-state index >= 15 is 0 Å². The molecule has 1 saturated carbocycles. The molecule has 2 aliphatic rings. The highest BCUT2D eigenvalue weighted by Crippen LogP contribution is 2.49. The lowest BCUT2D eigenvalue weighted by molar-refractivity contribution is -0.179. The van der Waals surface area contributed by atoms with E-state index < -0.39 is 47.9 Å².